The first-order valence-electron chi connectivity index (χ1n) is 8.75. The lowest BCUT2D eigenvalue weighted by molar-refractivity contribution is 0.0739. The minimum Gasteiger partial charge on any atom is -0.497 e. The van der Waals surface area contributed by atoms with Gasteiger partial charge in [0.2, 0.25) is 0 Å². The SMILES string of the molecule is CCCN(Cc1cc(-c2cccc(OC)c2)on1)C(=O)c1ccc(Cl)cc1. The van der Waals surface area contributed by atoms with Gasteiger partial charge in [0.05, 0.1) is 13.7 Å². The fourth-order valence-electron chi connectivity index (χ4n) is 2.79. The minimum absolute atomic E-state index is 0.0561. The van der Waals surface area contributed by atoms with Crippen LogP contribution in [0.4, 0.5) is 0 Å². The summed E-state index contributed by atoms with van der Waals surface area (Å²) in [5.41, 5.74) is 2.17. The number of carbonyl (C=O) groups excluding carboxylic acids is 1. The molecule has 0 fully saturated rings. The van der Waals surface area contributed by atoms with Gasteiger partial charge in [-0.25, -0.2) is 0 Å². The predicted molar refractivity (Wildman–Crippen MR) is 105 cm³/mol. The van der Waals surface area contributed by atoms with E-state index in [9.17, 15) is 4.79 Å². The van der Waals surface area contributed by atoms with Gasteiger partial charge in [-0.2, -0.15) is 0 Å². The van der Waals surface area contributed by atoms with Gasteiger partial charge in [-0.15, -0.1) is 0 Å². The maximum absolute atomic E-state index is 12.8. The molecule has 3 rings (SSSR count). The van der Waals surface area contributed by atoms with Crippen LogP contribution in [-0.4, -0.2) is 29.6 Å². The van der Waals surface area contributed by atoms with Crippen LogP contribution in [0.1, 0.15) is 29.4 Å². The molecule has 140 valence electrons. The molecule has 27 heavy (non-hydrogen) atoms. The number of hydrogen-bond acceptors (Lipinski definition) is 4. The van der Waals surface area contributed by atoms with Gasteiger partial charge in [0, 0.05) is 28.8 Å². The lowest BCUT2D eigenvalue weighted by Crippen LogP contribution is -2.31. The molecule has 0 radical (unpaired) electrons. The van der Waals surface area contributed by atoms with Crippen LogP contribution in [-0.2, 0) is 6.54 Å². The highest BCUT2D eigenvalue weighted by Crippen LogP contribution is 2.25. The topological polar surface area (TPSA) is 55.6 Å². The van der Waals surface area contributed by atoms with E-state index in [1.165, 1.54) is 0 Å². The van der Waals surface area contributed by atoms with Gasteiger partial charge in [0.1, 0.15) is 11.4 Å². The van der Waals surface area contributed by atoms with Gasteiger partial charge in [-0.1, -0.05) is 35.8 Å². The number of carbonyl (C=O) groups is 1. The van der Waals surface area contributed by atoms with Crippen LogP contribution in [0.25, 0.3) is 11.3 Å². The number of hydrogen-bond donors (Lipinski definition) is 0. The molecule has 0 aliphatic heterocycles. The van der Waals surface area contributed by atoms with E-state index in [0.717, 1.165) is 17.7 Å². The zero-order valence-electron chi connectivity index (χ0n) is 15.3. The molecule has 0 atom stereocenters. The Labute approximate surface area is 163 Å². The maximum Gasteiger partial charge on any atom is 0.254 e. The van der Waals surface area contributed by atoms with Gasteiger partial charge in [0.15, 0.2) is 5.76 Å². The largest absolute Gasteiger partial charge is 0.497 e. The van der Waals surface area contributed by atoms with Gasteiger partial charge < -0.3 is 14.2 Å². The lowest BCUT2D eigenvalue weighted by Gasteiger charge is -2.21. The number of nitrogens with zero attached hydrogens (tertiary/aromatic N) is 2. The molecule has 0 saturated carbocycles. The molecule has 0 N–H and O–H groups in total. The number of halogens is 1. The van der Waals surface area contributed by atoms with E-state index in [4.69, 9.17) is 20.9 Å². The summed E-state index contributed by atoms with van der Waals surface area (Å²) in [4.78, 5) is 14.6. The maximum atomic E-state index is 12.8. The molecule has 0 unspecified atom stereocenters. The van der Waals surface area contributed by atoms with Crippen LogP contribution >= 0.6 is 11.6 Å². The van der Waals surface area contributed by atoms with Crippen molar-refractivity contribution in [2.45, 2.75) is 19.9 Å². The Kier molecular flexibility index (Phi) is 6.14. The van der Waals surface area contributed by atoms with Crippen molar-refractivity contribution in [1.82, 2.24) is 10.1 Å². The molecule has 3 aromatic rings. The summed E-state index contributed by atoms with van der Waals surface area (Å²) in [5.74, 6) is 1.33. The summed E-state index contributed by atoms with van der Waals surface area (Å²) in [6.07, 6.45) is 0.847. The Bertz CT molecular complexity index is 906. The Morgan fingerprint density at radius 1 is 1.19 bits per heavy atom. The number of aromatic nitrogens is 1. The van der Waals surface area contributed by atoms with E-state index in [2.05, 4.69) is 5.16 Å². The average molecular weight is 385 g/mol. The summed E-state index contributed by atoms with van der Waals surface area (Å²) >= 11 is 5.91. The third-order valence-corrected chi connectivity index (χ3v) is 4.39. The second kappa shape index (κ2) is 8.73. The second-order valence-electron chi connectivity index (χ2n) is 6.15. The van der Waals surface area contributed by atoms with Crippen LogP contribution < -0.4 is 4.74 Å². The van der Waals surface area contributed by atoms with Crippen LogP contribution in [0.2, 0.25) is 5.02 Å². The third-order valence-electron chi connectivity index (χ3n) is 4.14. The quantitative estimate of drug-likeness (QED) is 0.571. The smallest absolute Gasteiger partial charge is 0.254 e. The van der Waals surface area contributed by atoms with Crippen LogP contribution in [0, 0.1) is 0 Å². The highest BCUT2D eigenvalue weighted by molar-refractivity contribution is 6.30. The van der Waals surface area contributed by atoms with E-state index in [1.54, 1.807) is 36.3 Å². The summed E-state index contributed by atoms with van der Waals surface area (Å²) < 4.78 is 10.7. The van der Waals surface area contributed by atoms with Crippen molar-refractivity contribution in [3.05, 3.63) is 70.9 Å². The Morgan fingerprint density at radius 2 is 1.96 bits per heavy atom. The summed E-state index contributed by atoms with van der Waals surface area (Å²) in [6, 6.07) is 16.3. The number of benzene rings is 2. The molecule has 0 saturated heterocycles. The average Bonchev–Trinajstić information content (AvgIpc) is 3.16. The third kappa shape index (κ3) is 4.68. The summed E-state index contributed by atoms with van der Waals surface area (Å²) in [7, 11) is 1.62. The molecule has 0 aliphatic carbocycles. The first-order chi connectivity index (χ1) is 13.1. The number of amides is 1. The number of methoxy groups -OCH3 is 1. The molecule has 5 nitrogen and oxygen atoms in total. The predicted octanol–water partition coefficient (Wildman–Crippen LogP) is 5.06. The highest BCUT2D eigenvalue weighted by atomic mass is 35.5. The monoisotopic (exact) mass is 384 g/mol. The first kappa shape index (κ1) is 19.0. The van der Waals surface area contributed by atoms with Gasteiger partial charge >= 0.3 is 0 Å². The van der Waals surface area contributed by atoms with Crippen LogP contribution in [0.3, 0.4) is 0 Å². The normalized spacial score (nSPS) is 10.6. The molecule has 0 aliphatic rings. The zero-order chi connectivity index (χ0) is 19.2. The molecule has 1 heterocycles. The highest BCUT2D eigenvalue weighted by Gasteiger charge is 2.18. The minimum atomic E-state index is -0.0561. The second-order valence-corrected chi connectivity index (χ2v) is 6.58. The Balaban J connectivity index is 1.78. The van der Waals surface area contributed by atoms with E-state index < -0.39 is 0 Å². The fourth-order valence-corrected chi connectivity index (χ4v) is 2.92. The number of ether oxygens (including phenoxy) is 1. The molecule has 0 bridgehead atoms. The first-order valence-corrected chi connectivity index (χ1v) is 9.13. The van der Waals surface area contributed by atoms with Crippen LogP contribution in [0.5, 0.6) is 5.75 Å². The van der Waals surface area contributed by atoms with Crippen LogP contribution in [0.15, 0.2) is 59.1 Å². The zero-order valence-corrected chi connectivity index (χ0v) is 16.1. The van der Waals surface area contributed by atoms with E-state index >= 15 is 0 Å². The van der Waals surface area contributed by atoms with Crippen molar-refractivity contribution in [3.8, 4) is 17.1 Å². The Morgan fingerprint density at radius 3 is 2.67 bits per heavy atom. The van der Waals surface area contributed by atoms with Crippen molar-refractivity contribution in [2.75, 3.05) is 13.7 Å². The van der Waals surface area contributed by atoms with Crippen molar-refractivity contribution >= 4 is 17.5 Å². The van der Waals surface area contributed by atoms with Crippen molar-refractivity contribution in [3.63, 3.8) is 0 Å². The van der Waals surface area contributed by atoms with Crippen molar-refractivity contribution in [2.24, 2.45) is 0 Å². The summed E-state index contributed by atoms with van der Waals surface area (Å²) in [5, 5.41) is 4.73. The number of rotatable bonds is 7. The molecule has 1 amide bonds. The van der Waals surface area contributed by atoms with Crippen molar-refractivity contribution in [1.29, 1.82) is 0 Å². The molecule has 6 heteroatoms. The summed E-state index contributed by atoms with van der Waals surface area (Å²) in [6.45, 7) is 3.04. The molecular weight excluding hydrogens is 364 g/mol. The standard InChI is InChI=1S/C21H21ClN2O3/c1-3-11-24(21(25)15-7-9-17(22)10-8-15)14-18-13-20(27-23-18)16-5-4-6-19(12-16)26-2/h4-10,12-13H,3,11,14H2,1-2H3. The Hall–Kier alpha value is -2.79. The van der Waals surface area contributed by atoms with E-state index in [-0.39, 0.29) is 5.91 Å². The van der Waals surface area contributed by atoms with Gasteiger partial charge in [-0.05, 0) is 42.8 Å². The lowest BCUT2D eigenvalue weighted by atomic mass is 10.1. The fraction of sp³-hybridized carbons (Fsp3) is 0.238. The van der Waals surface area contributed by atoms with Crippen molar-refractivity contribution < 1.29 is 14.1 Å². The van der Waals surface area contributed by atoms with E-state index in [1.807, 2.05) is 37.3 Å². The van der Waals surface area contributed by atoms with Gasteiger partial charge in [0.25, 0.3) is 5.91 Å². The molecular formula is C21H21ClN2O3. The molecule has 2 aromatic carbocycles. The molecule has 1 aromatic heterocycles. The van der Waals surface area contributed by atoms with E-state index in [0.29, 0.717) is 35.1 Å². The van der Waals surface area contributed by atoms with Gasteiger partial charge in [-0.3, -0.25) is 4.79 Å². The molecule has 0 spiro atoms.